The van der Waals surface area contributed by atoms with Crippen LogP contribution in [-0.4, -0.2) is 29.4 Å². The van der Waals surface area contributed by atoms with Gasteiger partial charge in [-0.25, -0.2) is 9.69 Å². The second-order valence-corrected chi connectivity index (χ2v) is 6.49. The molecule has 2 aromatic rings. The molecule has 0 bridgehead atoms. The summed E-state index contributed by atoms with van der Waals surface area (Å²) in [6.07, 6.45) is 3.63. The molecule has 1 atom stereocenters. The molecule has 0 aliphatic carbocycles. The lowest BCUT2D eigenvalue weighted by Gasteiger charge is -2.25. The highest BCUT2D eigenvalue weighted by Crippen LogP contribution is 2.30. The topological polar surface area (TPSA) is 40.6 Å². The normalized spacial score (nSPS) is 20.4. The second kappa shape index (κ2) is 6.11. The lowest BCUT2D eigenvalue weighted by molar-refractivity contribution is -0.120. The van der Waals surface area contributed by atoms with Crippen LogP contribution in [0.2, 0.25) is 0 Å². The van der Waals surface area contributed by atoms with Gasteiger partial charge in [-0.3, -0.25) is 4.79 Å². The van der Waals surface area contributed by atoms with Crippen LogP contribution in [-0.2, 0) is 11.2 Å². The van der Waals surface area contributed by atoms with E-state index in [0.29, 0.717) is 12.2 Å². The molecule has 2 heterocycles. The van der Waals surface area contributed by atoms with Gasteiger partial charge >= 0.3 is 6.03 Å². The van der Waals surface area contributed by atoms with E-state index in [9.17, 15) is 9.59 Å². The first kappa shape index (κ1) is 14.9. The summed E-state index contributed by atoms with van der Waals surface area (Å²) in [4.78, 5) is 28.2. The van der Waals surface area contributed by atoms with Gasteiger partial charge in [0, 0.05) is 6.54 Å². The molecule has 4 heteroatoms. The zero-order chi connectivity index (χ0) is 16.5. The molecule has 0 radical (unpaired) electrons. The molecule has 2 aliphatic rings. The molecule has 0 aromatic heterocycles. The highest BCUT2D eigenvalue weighted by atomic mass is 16.2. The van der Waals surface area contributed by atoms with Crippen LogP contribution in [0.3, 0.4) is 0 Å². The Morgan fingerprint density at radius 3 is 2.29 bits per heavy atom. The van der Waals surface area contributed by atoms with Gasteiger partial charge in [0.25, 0.3) is 5.91 Å². The third-order valence-electron chi connectivity index (χ3n) is 4.89. The maximum atomic E-state index is 12.6. The van der Waals surface area contributed by atoms with Gasteiger partial charge < -0.3 is 4.90 Å². The van der Waals surface area contributed by atoms with Crippen molar-refractivity contribution in [2.45, 2.75) is 31.7 Å². The highest BCUT2D eigenvalue weighted by molar-refractivity contribution is 6.21. The lowest BCUT2D eigenvalue weighted by Crippen LogP contribution is -2.39. The molecule has 2 aliphatic heterocycles. The molecular weight excluding hydrogens is 300 g/mol. The maximum absolute atomic E-state index is 12.6. The number of fused-ring (bicyclic) bond motifs is 1. The van der Waals surface area contributed by atoms with Crippen LogP contribution in [0.1, 0.15) is 30.4 Å². The Kier molecular flexibility index (Phi) is 3.81. The van der Waals surface area contributed by atoms with Gasteiger partial charge in [-0.2, -0.15) is 0 Å². The maximum Gasteiger partial charge on any atom is 0.332 e. The van der Waals surface area contributed by atoms with E-state index in [4.69, 9.17) is 0 Å². The Morgan fingerprint density at radius 2 is 1.58 bits per heavy atom. The fraction of sp³-hybridized carbons (Fsp3) is 0.300. The Labute approximate surface area is 141 Å². The molecule has 122 valence electrons. The summed E-state index contributed by atoms with van der Waals surface area (Å²) in [7, 11) is 0. The summed E-state index contributed by atoms with van der Waals surface area (Å²) in [6, 6.07) is 17.6. The van der Waals surface area contributed by atoms with Crippen molar-refractivity contribution in [3.8, 4) is 0 Å². The molecule has 1 unspecified atom stereocenters. The smallest absolute Gasteiger partial charge is 0.312 e. The van der Waals surface area contributed by atoms with Crippen molar-refractivity contribution in [2.75, 3.05) is 11.4 Å². The average molecular weight is 320 g/mol. The van der Waals surface area contributed by atoms with Gasteiger partial charge in [0.2, 0.25) is 0 Å². The number of piperidine rings is 1. The number of imide groups is 1. The third-order valence-corrected chi connectivity index (χ3v) is 4.89. The number of hydrogen-bond donors (Lipinski definition) is 0. The quantitative estimate of drug-likeness (QED) is 0.811. The zero-order valence-electron chi connectivity index (χ0n) is 13.5. The van der Waals surface area contributed by atoms with E-state index < -0.39 is 0 Å². The number of rotatable bonds is 3. The number of benzene rings is 2. The van der Waals surface area contributed by atoms with Gasteiger partial charge in [0.1, 0.15) is 6.04 Å². The number of hydrogen-bond acceptors (Lipinski definition) is 2. The van der Waals surface area contributed by atoms with Crippen LogP contribution in [0.15, 0.2) is 54.6 Å². The molecule has 0 saturated carbocycles. The van der Waals surface area contributed by atoms with Gasteiger partial charge in [0.05, 0.1) is 5.69 Å². The molecule has 2 aromatic carbocycles. The van der Waals surface area contributed by atoms with Gasteiger partial charge in [-0.15, -0.1) is 0 Å². The fourth-order valence-corrected chi connectivity index (χ4v) is 3.62. The highest BCUT2D eigenvalue weighted by Gasteiger charge is 2.46. The third kappa shape index (κ3) is 2.58. The van der Waals surface area contributed by atoms with E-state index in [0.717, 1.165) is 25.7 Å². The monoisotopic (exact) mass is 320 g/mol. The molecule has 4 nitrogen and oxygen atoms in total. The molecular formula is C20H20N2O2. The number of carbonyl (C=O) groups excluding carboxylic acids is 2. The van der Waals surface area contributed by atoms with Crippen LogP contribution in [0.5, 0.6) is 0 Å². The average Bonchev–Trinajstić information content (AvgIpc) is 2.88. The molecule has 0 spiro atoms. The van der Waals surface area contributed by atoms with Gasteiger partial charge in [-0.05, 0) is 48.9 Å². The Bertz CT molecular complexity index is 731. The van der Waals surface area contributed by atoms with Crippen molar-refractivity contribution in [2.24, 2.45) is 0 Å². The van der Waals surface area contributed by atoms with Crippen molar-refractivity contribution in [1.29, 1.82) is 0 Å². The Hall–Kier alpha value is -2.62. The minimum atomic E-state index is -0.254. The van der Waals surface area contributed by atoms with Gasteiger partial charge in [0.15, 0.2) is 0 Å². The van der Waals surface area contributed by atoms with E-state index >= 15 is 0 Å². The van der Waals surface area contributed by atoms with E-state index in [1.54, 1.807) is 4.90 Å². The van der Waals surface area contributed by atoms with Crippen molar-refractivity contribution in [1.82, 2.24) is 4.90 Å². The summed E-state index contributed by atoms with van der Waals surface area (Å²) < 4.78 is 0. The SMILES string of the molecule is O=C1C2CCCCN2C(=O)N1c1ccc(Cc2ccccc2)cc1. The van der Waals surface area contributed by atoms with E-state index in [-0.39, 0.29) is 18.0 Å². The summed E-state index contributed by atoms with van der Waals surface area (Å²) in [5.74, 6) is -0.0736. The lowest BCUT2D eigenvalue weighted by atomic mass is 10.0. The zero-order valence-corrected chi connectivity index (χ0v) is 13.5. The summed E-state index contributed by atoms with van der Waals surface area (Å²) in [5.41, 5.74) is 3.09. The van der Waals surface area contributed by atoms with E-state index in [2.05, 4.69) is 12.1 Å². The number of anilines is 1. The predicted octanol–water partition coefficient (Wildman–Crippen LogP) is 3.60. The van der Waals surface area contributed by atoms with Crippen molar-refractivity contribution in [3.05, 3.63) is 65.7 Å². The van der Waals surface area contributed by atoms with Gasteiger partial charge in [-0.1, -0.05) is 42.5 Å². The molecule has 4 rings (SSSR count). The van der Waals surface area contributed by atoms with E-state index in [1.165, 1.54) is 16.0 Å². The first-order valence-electron chi connectivity index (χ1n) is 8.51. The van der Waals surface area contributed by atoms with E-state index in [1.807, 2.05) is 42.5 Å². The Morgan fingerprint density at radius 1 is 0.875 bits per heavy atom. The van der Waals surface area contributed by atoms with Crippen LogP contribution in [0.4, 0.5) is 10.5 Å². The number of amides is 3. The molecule has 0 N–H and O–H groups in total. The molecule has 2 saturated heterocycles. The minimum absolute atomic E-state index is 0.0736. The number of nitrogens with zero attached hydrogens (tertiary/aromatic N) is 2. The second-order valence-electron chi connectivity index (χ2n) is 6.49. The number of urea groups is 1. The van der Waals surface area contributed by atoms with Crippen LogP contribution in [0.25, 0.3) is 0 Å². The Balaban J connectivity index is 1.54. The largest absolute Gasteiger partial charge is 0.332 e. The minimum Gasteiger partial charge on any atom is -0.312 e. The standard InChI is InChI=1S/C20H20N2O2/c23-19-18-8-4-5-13-21(18)20(24)22(19)17-11-9-16(10-12-17)14-15-6-2-1-3-7-15/h1-3,6-7,9-12,18H,4-5,8,13-14H2. The van der Waals surface area contributed by atoms with Crippen molar-refractivity contribution >= 4 is 17.6 Å². The first-order valence-corrected chi connectivity index (χ1v) is 8.51. The van der Waals surface area contributed by atoms with Crippen LogP contribution in [0, 0.1) is 0 Å². The summed E-state index contributed by atoms with van der Waals surface area (Å²) >= 11 is 0. The fourth-order valence-electron chi connectivity index (χ4n) is 3.62. The predicted molar refractivity (Wildman–Crippen MR) is 92.9 cm³/mol. The first-order chi connectivity index (χ1) is 11.7. The summed E-state index contributed by atoms with van der Waals surface area (Å²) in [5, 5.41) is 0. The molecule has 3 amide bonds. The molecule has 2 fully saturated rings. The van der Waals surface area contributed by atoms with Crippen LogP contribution < -0.4 is 4.90 Å². The van der Waals surface area contributed by atoms with Crippen molar-refractivity contribution < 1.29 is 9.59 Å². The molecule has 24 heavy (non-hydrogen) atoms. The summed E-state index contributed by atoms with van der Waals surface area (Å²) in [6.45, 7) is 0.692. The van der Waals surface area contributed by atoms with Crippen LogP contribution >= 0.6 is 0 Å². The number of carbonyl (C=O) groups is 2. The van der Waals surface area contributed by atoms with Crippen molar-refractivity contribution in [3.63, 3.8) is 0 Å².